The smallest absolute Gasteiger partial charge is 0.227 e. The highest BCUT2D eigenvalue weighted by molar-refractivity contribution is 5.98. The quantitative estimate of drug-likeness (QED) is 0.745. The third kappa shape index (κ3) is 3.36. The summed E-state index contributed by atoms with van der Waals surface area (Å²) in [7, 11) is 0. The standard InChI is InChI=1S/C22H21N3O/c1-14-6-8-16(9-7-14)17-11-20-19(21(26)12-17)13-23-22(25-20)24-18-5-3-4-15(2)10-18/h3-10,13,17H,11-12H2,1-2H3,(H,23,24,25). The third-order valence-electron chi connectivity index (χ3n) is 4.86. The van der Waals surface area contributed by atoms with Gasteiger partial charge in [-0.15, -0.1) is 0 Å². The first kappa shape index (κ1) is 16.5. The van der Waals surface area contributed by atoms with Crippen molar-refractivity contribution >= 4 is 17.4 Å². The number of fused-ring (bicyclic) bond motifs is 1. The van der Waals surface area contributed by atoms with Gasteiger partial charge in [0.25, 0.3) is 0 Å². The number of hydrogen-bond donors (Lipinski definition) is 1. The summed E-state index contributed by atoms with van der Waals surface area (Å²) in [5.41, 5.74) is 6.02. The molecule has 0 fully saturated rings. The molecule has 3 aromatic rings. The summed E-state index contributed by atoms with van der Waals surface area (Å²) in [5.74, 6) is 0.836. The molecule has 1 aliphatic rings. The Bertz CT molecular complexity index is 963. The van der Waals surface area contributed by atoms with Crippen LogP contribution in [0.4, 0.5) is 11.6 Å². The zero-order valence-electron chi connectivity index (χ0n) is 15.0. The summed E-state index contributed by atoms with van der Waals surface area (Å²) in [6.07, 6.45) is 2.94. The van der Waals surface area contributed by atoms with Gasteiger partial charge in [-0.05, 0) is 49.4 Å². The molecular weight excluding hydrogens is 322 g/mol. The van der Waals surface area contributed by atoms with E-state index in [2.05, 4.69) is 46.5 Å². The fourth-order valence-electron chi connectivity index (χ4n) is 3.43. The van der Waals surface area contributed by atoms with Gasteiger partial charge in [-0.25, -0.2) is 9.97 Å². The molecule has 4 heteroatoms. The van der Waals surface area contributed by atoms with Crippen molar-refractivity contribution < 1.29 is 4.79 Å². The van der Waals surface area contributed by atoms with Gasteiger partial charge in [0.05, 0.1) is 11.3 Å². The van der Waals surface area contributed by atoms with Crippen LogP contribution < -0.4 is 5.32 Å². The van der Waals surface area contributed by atoms with Crippen molar-refractivity contribution in [2.45, 2.75) is 32.6 Å². The molecule has 1 aromatic heterocycles. The molecule has 2 aromatic carbocycles. The lowest BCUT2D eigenvalue weighted by Gasteiger charge is -2.23. The number of hydrogen-bond acceptors (Lipinski definition) is 4. The van der Waals surface area contributed by atoms with Crippen LogP contribution in [0.15, 0.2) is 54.7 Å². The minimum Gasteiger partial charge on any atom is -0.324 e. The van der Waals surface area contributed by atoms with Crippen LogP contribution in [0.3, 0.4) is 0 Å². The van der Waals surface area contributed by atoms with Crippen molar-refractivity contribution in [1.82, 2.24) is 9.97 Å². The highest BCUT2D eigenvalue weighted by Gasteiger charge is 2.28. The van der Waals surface area contributed by atoms with E-state index < -0.39 is 0 Å². The van der Waals surface area contributed by atoms with E-state index in [0.29, 0.717) is 17.9 Å². The van der Waals surface area contributed by atoms with Gasteiger partial charge in [0.15, 0.2) is 5.78 Å². The Hall–Kier alpha value is -3.01. The fourth-order valence-corrected chi connectivity index (χ4v) is 3.43. The van der Waals surface area contributed by atoms with Gasteiger partial charge in [0.2, 0.25) is 5.95 Å². The number of Topliss-reactive ketones (excluding diaryl/α,β-unsaturated/α-hetero) is 1. The third-order valence-corrected chi connectivity index (χ3v) is 4.86. The minimum absolute atomic E-state index is 0.124. The molecular formula is C22H21N3O. The number of ketones is 1. The normalized spacial score (nSPS) is 16.2. The average molecular weight is 343 g/mol. The van der Waals surface area contributed by atoms with E-state index in [1.807, 2.05) is 31.2 Å². The number of aromatic nitrogens is 2. The molecule has 0 saturated heterocycles. The van der Waals surface area contributed by atoms with Crippen molar-refractivity contribution in [3.63, 3.8) is 0 Å². The number of nitrogens with one attached hydrogen (secondary N) is 1. The Morgan fingerprint density at radius 3 is 2.58 bits per heavy atom. The van der Waals surface area contributed by atoms with Crippen molar-refractivity contribution in [3.05, 3.63) is 82.7 Å². The first-order valence-electron chi connectivity index (χ1n) is 8.88. The number of aryl methyl sites for hydroxylation is 2. The molecule has 0 aliphatic heterocycles. The molecule has 0 spiro atoms. The Labute approximate surface area is 153 Å². The van der Waals surface area contributed by atoms with Gasteiger partial charge in [-0.3, -0.25) is 4.79 Å². The number of carbonyl (C=O) groups is 1. The molecule has 0 bridgehead atoms. The van der Waals surface area contributed by atoms with Gasteiger partial charge in [0, 0.05) is 18.3 Å². The van der Waals surface area contributed by atoms with Crippen molar-refractivity contribution in [2.24, 2.45) is 0 Å². The minimum atomic E-state index is 0.124. The second-order valence-corrected chi connectivity index (χ2v) is 6.99. The molecule has 4 nitrogen and oxygen atoms in total. The van der Waals surface area contributed by atoms with Gasteiger partial charge in [0.1, 0.15) is 0 Å². The molecule has 26 heavy (non-hydrogen) atoms. The summed E-state index contributed by atoms with van der Waals surface area (Å²) < 4.78 is 0. The summed E-state index contributed by atoms with van der Waals surface area (Å²) in [5, 5.41) is 3.24. The second kappa shape index (κ2) is 6.71. The molecule has 1 atom stereocenters. The van der Waals surface area contributed by atoms with Gasteiger partial charge in [-0.1, -0.05) is 42.0 Å². The molecule has 1 N–H and O–H groups in total. The van der Waals surface area contributed by atoms with Gasteiger partial charge >= 0.3 is 0 Å². The summed E-state index contributed by atoms with van der Waals surface area (Å²) in [4.78, 5) is 21.5. The van der Waals surface area contributed by atoms with E-state index in [1.165, 1.54) is 16.7 Å². The molecule has 1 unspecified atom stereocenters. The fraction of sp³-hybridized carbons (Fsp3) is 0.227. The van der Waals surface area contributed by atoms with E-state index in [0.717, 1.165) is 17.8 Å². The second-order valence-electron chi connectivity index (χ2n) is 6.99. The Morgan fingerprint density at radius 2 is 1.81 bits per heavy atom. The predicted molar refractivity (Wildman–Crippen MR) is 103 cm³/mol. The van der Waals surface area contributed by atoms with Crippen LogP contribution in [-0.2, 0) is 6.42 Å². The molecule has 1 aliphatic carbocycles. The van der Waals surface area contributed by atoms with Crippen LogP contribution in [-0.4, -0.2) is 15.8 Å². The maximum absolute atomic E-state index is 12.6. The maximum atomic E-state index is 12.6. The van der Waals surface area contributed by atoms with Crippen LogP contribution in [0.2, 0.25) is 0 Å². The number of anilines is 2. The zero-order chi connectivity index (χ0) is 18.1. The van der Waals surface area contributed by atoms with E-state index in [-0.39, 0.29) is 11.7 Å². The maximum Gasteiger partial charge on any atom is 0.227 e. The molecule has 0 radical (unpaired) electrons. The van der Waals surface area contributed by atoms with Crippen molar-refractivity contribution in [1.29, 1.82) is 0 Å². The average Bonchev–Trinajstić information content (AvgIpc) is 2.62. The lowest BCUT2D eigenvalue weighted by Crippen LogP contribution is -2.21. The van der Waals surface area contributed by atoms with Crippen molar-refractivity contribution in [3.8, 4) is 0 Å². The summed E-state index contributed by atoms with van der Waals surface area (Å²) >= 11 is 0. The topological polar surface area (TPSA) is 54.9 Å². The molecule has 0 amide bonds. The van der Waals surface area contributed by atoms with E-state index in [1.54, 1.807) is 6.20 Å². The van der Waals surface area contributed by atoms with Gasteiger partial charge in [-0.2, -0.15) is 0 Å². The highest BCUT2D eigenvalue weighted by atomic mass is 16.1. The number of carbonyl (C=O) groups excluding carboxylic acids is 1. The van der Waals surface area contributed by atoms with Crippen molar-refractivity contribution in [2.75, 3.05) is 5.32 Å². The summed E-state index contributed by atoms with van der Waals surface area (Å²) in [6, 6.07) is 16.5. The first-order chi connectivity index (χ1) is 12.6. The SMILES string of the molecule is Cc1ccc(C2CC(=O)c3cnc(Nc4cccc(C)c4)nc3C2)cc1. The Balaban J connectivity index is 1.61. The van der Waals surface area contributed by atoms with E-state index >= 15 is 0 Å². The monoisotopic (exact) mass is 343 g/mol. The molecule has 4 rings (SSSR count). The van der Waals surface area contributed by atoms with Crippen LogP contribution >= 0.6 is 0 Å². The molecule has 0 saturated carbocycles. The molecule has 1 heterocycles. The first-order valence-corrected chi connectivity index (χ1v) is 8.88. The van der Waals surface area contributed by atoms with Crippen LogP contribution in [0.1, 0.15) is 45.1 Å². The van der Waals surface area contributed by atoms with E-state index in [9.17, 15) is 4.79 Å². The lowest BCUT2D eigenvalue weighted by atomic mass is 9.82. The molecule has 130 valence electrons. The highest BCUT2D eigenvalue weighted by Crippen LogP contribution is 2.32. The van der Waals surface area contributed by atoms with Crippen LogP contribution in [0.25, 0.3) is 0 Å². The van der Waals surface area contributed by atoms with E-state index in [4.69, 9.17) is 0 Å². The number of rotatable bonds is 3. The Morgan fingerprint density at radius 1 is 1.00 bits per heavy atom. The summed E-state index contributed by atoms with van der Waals surface area (Å²) in [6.45, 7) is 4.12. The largest absolute Gasteiger partial charge is 0.324 e. The van der Waals surface area contributed by atoms with Gasteiger partial charge < -0.3 is 5.32 Å². The van der Waals surface area contributed by atoms with Crippen LogP contribution in [0, 0.1) is 13.8 Å². The number of benzene rings is 2. The lowest BCUT2D eigenvalue weighted by molar-refractivity contribution is 0.0962. The zero-order valence-corrected chi connectivity index (χ0v) is 15.0. The Kier molecular flexibility index (Phi) is 4.25. The predicted octanol–water partition coefficient (Wildman–Crippen LogP) is 4.75. The number of nitrogens with zero attached hydrogens (tertiary/aromatic N) is 2. The van der Waals surface area contributed by atoms with Crippen LogP contribution in [0.5, 0.6) is 0 Å².